The lowest BCUT2D eigenvalue weighted by Gasteiger charge is -2.31. The van der Waals surface area contributed by atoms with Crippen molar-refractivity contribution in [3.63, 3.8) is 0 Å². The summed E-state index contributed by atoms with van der Waals surface area (Å²) < 4.78 is 5.40. The third-order valence-corrected chi connectivity index (χ3v) is 4.07. The second kappa shape index (κ2) is 9.22. The van der Waals surface area contributed by atoms with Gasteiger partial charge in [0, 0.05) is 19.6 Å². The molecular formula is C17H28IN3O. The van der Waals surface area contributed by atoms with Crippen molar-refractivity contribution >= 4 is 29.9 Å². The predicted molar refractivity (Wildman–Crippen MR) is 103 cm³/mol. The van der Waals surface area contributed by atoms with E-state index in [0.717, 1.165) is 25.3 Å². The average molecular weight is 417 g/mol. The van der Waals surface area contributed by atoms with Crippen molar-refractivity contribution in [2.45, 2.75) is 33.1 Å². The van der Waals surface area contributed by atoms with E-state index in [1.54, 1.807) is 7.11 Å². The number of nitrogens with two attached hydrogens (primary N) is 1. The molecule has 1 fully saturated rings. The number of benzene rings is 1. The fourth-order valence-electron chi connectivity index (χ4n) is 2.89. The van der Waals surface area contributed by atoms with E-state index in [1.807, 2.05) is 6.07 Å². The fraction of sp³-hybridized carbons (Fsp3) is 0.588. The topological polar surface area (TPSA) is 50.9 Å². The largest absolute Gasteiger partial charge is 0.496 e. The normalized spacial score (nSPS) is 18.8. The molecule has 1 unspecified atom stereocenters. The van der Waals surface area contributed by atoms with Crippen LogP contribution in [-0.2, 0) is 6.42 Å². The number of aryl methyl sites for hydroxylation is 1. The maximum Gasteiger partial charge on any atom is 0.191 e. The first-order valence-corrected chi connectivity index (χ1v) is 7.78. The molecule has 0 amide bonds. The second-order valence-electron chi connectivity index (χ2n) is 6.00. The maximum absolute atomic E-state index is 6.12. The third-order valence-electron chi connectivity index (χ3n) is 4.07. The zero-order valence-electron chi connectivity index (χ0n) is 13.8. The molecule has 0 aromatic heterocycles. The van der Waals surface area contributed by atoms with Crippen molar-refractivity contribution in [2.75, 3.05) is 26.7 Å². The lowest BCUT2D eigenvalue weighted by Crippen LogP contribution is -2.43. The van der Waals surface area contributed by atoms with Gasteiger partial charge in [0.2, 0.25) is 0 Å². The van der Waals surface area contributed by atoms with Crippen LogP contribution in [-0.4, -0.2) is 37.6 Å². The van der Waals surface area contributed by atoms with Crippen LogP contribution in [0.25, 0.3) is 0 Å². The Kier molecular flexibility index (Phi) is 8.00. The van der Waals surface area contributed by atoms with Crippen molar-refractivity contribution in [3.8, 4) is 5.75 Å². The zero-order valence-corrected chi connectivity index (χ0v) is 16.2. The van der Waals surface area contributed by atoms with Crippen LogP contribution >= 0.6 is 24.0 Å². The zero-order chi connectivity index (χ0) is 15.2. The molecule has 5 heteroatoms. The first-order valence-electron chi connectivity index (χ1n) is 7.78. The lowest BCUT2D eigenvalue weighted by molar-refractivity contribution is 0.270. The highest BCUT2D eigenvalue weighted by Gasteiger charge is 2.17. The Morgan fingerprint density at radius 3 is 2.91 bits per heavy atom. The number of hydrogen-bond donors (Lipinski definition) is 1. The van der Waals surface area contributed by atoms with Crippen LogP contribution in [0, 0.1) is 12.8 Å². The Balaban J connectivity index is 0.00000242. The van der Waals surface area contributed by atoms with E-state index in [9.17, 15) is 0 Å². The summed E-state index contributed by atoms with van der Waals surface area (Å²) in [5.74, 6) is 2.33. The molecule has 1 aliphatic rings. The molecule has 0 aliphatic carbocycles. The number of guanidine groups is 1. The van der Waals surface area contributed by atoms with Crippen LogP contribution in [0.2, 0.25) is 0 Å². The highest BCUT2D eigenvalue weighted by molar-refractivity contribution is 14.0. The Morgan fingerprint density at radius 2 is 2.23 bits per heavy atom. The summed E-state index contributed by atoms with van der Waals surface area (Å²) in [4.78, 5) is 6.76. The number of ether oxygens (including phenoxy) is 1. The van der Waals surface area contributed by atoms with E-state index in [2.05, 4.69) is 35.9 Å². The molecule has 0 saturated carbocycles. The minimum Gasteiger partial charge on any atom is -0.496 e. The summed E-state index contributed by atoms with van der Waals surface area (Å²) in [5, 5.41) is 0. The Hall–Kier alpha value is -0.980. The van der Waals surface area contributed by atoms with E-state index < -0.39 is 0 Å². The number of likely N-dealkylation sites (tertiary alicyclic amines) is 1. The van der Waals surface area contributed by atoms with E-state index in [1.165, 1.54) is 24.0 Å². The third kappa shape index (κ3) is 5.34. The van der Waals surface area contributed by atoms with E-state index >= 15 is 0 Å². The molecule has 22 heavy (non-hydrogen) atoms. The molecule has 0 radical (unpaired) electrons. The minimum absolute atomic E-state index is 0. The summed E-state index contributed by atoms with van der Waals surface area (Å²) in [5.41, 5.74) is 8.56. The molecule has 2 rings (SSSR count). The molecule has 0 bridgehead atoms. The number of nitrogens with zero attached hydrogens (tertiary/aromatic N) is 2. The minimum atomic E-state index is 0. The van der Waals surface area contributed by atoms with Gasteiger partial charge in [-0.05, 0) is 43.7 Å². The number of aliphatic imine (C=N–C) groups is 1. The van der Waals surface area contributed by atoms with Crippen molar-refractivity contribution in [2.24, 2.45) is 16.6 Å². The van der Waals surface area contributed by atoms with Crippen LogP contribution in [0.15, 0.2) is 23.2 Å². The summed E-state index contributed by atoms with van der Waals surface area (Å²) in [6.07, 6.45) is 3.36. The molecule has 1 aliphatic heterocycles. The van der Waals surface area contributed by atoms with Crippen LogP contribution in [0.1, 0.15) is 30.9 Å². The summed E-state index contributed by atoms with van der Waals surface area (Å²) in [6, 6.07) is 6.24. The van der Waals surface area contributed by atoms with Gasteiger partial charge in [-0.1, -0.05) is 24.6 Å². The van der Waals surface area contributed by atoms with Crippen LogP contribution in [0.3, 0.4) is 0 Å². The summed E-state index contributed by atoms with van der Waals surface area (Å²) in [7, 11) is 1.71. The van der Waals surface area contributed by atoms with Crippen molar-refractivity contribution in [3.05, 3.63) is 29.3 Å². The van der Waals surface area contributed by atoms with Crippen LogP contribution in [0.5, 0.6) is 5.75 Å². The number of methoxy groups -OCH3 is 1. The molecule has 1 aromatic rings. The maximum atomic E-state index is 6.12. The van der Waals surface area contributed by atoms with E-state index in [0.29, 0.717) is 18.4 Å². The molecule has 1 heterocycles. The van der Waals surface area contributed by atoms with Crippen LogP contribution in [0.4, 0.5) is 0 Å². The Labute approximate surface area is 151 Å². The Morgan fingerprint density at radius 1 is 1.45 bits per heavy atom. The first kappa shape index (κ1) is 19.1. The number of halogens is 1. The summed E-state index contributed by atoms with van der Waals surface area (Å²) in [6.45, 7) is 7.14. The number of piperidine rings is 1. The van der Waals surface area contributed by atoms with Gasteiger partial charge in [0.25, 0.3) is 0 Å². The fourth-order valence-corrected chi connectivity index (χ4v) is 2.89. The number of hydrogen-bond acceptors (Lipinski definition) is 2. The van der Waals surface area contributed by atoms with Crippen molar-refractivity contribution in [1.82, 2.24) is 4.90 Å². The predicted octanol–water partition coefficient (Wildman–Crippen LogP) is 3.21. The van der Waals surface area contributed by atoms with Gasteiger partial charge in [-0.3, -0.25) is 4.99 Å². The van der Waals surface area contributed by atoms with Gasteiger partial charge >= 0.3 is 0 Å². The van der Waals surface area contributed by atoms with Crippen molar-refractivity contribution < 1.29 is 4.74 Å². The molecular weight excluding hydrogens is 389 g/mol. The van der Waals surface area contributed by atoms with E-state index in [-0.39, 0.29) is 24.0 Å². The van der Waals surface area contributed by atoms with Gasteiger partial charge in [0.05, 0.1) is 7.11 Å². The van der Waals surface area contributed by atoms with Crippen molar-refractivity contribution in [1.29, 1.82) is 0 Å². The smallest absolute Gasteiger partial charge is 0.191 e. The van der Waals surface area contributed by atoms with Gasteiger partial charge in [-0.2, -0.15) is 0 Å². The molecule has 1 atom stereocenters. The van der Waals surface area contributed by atoms with Crippen LogP contribution < -0.4 is 10.5 Å². The van der Waals surface area contributed by atoms with Gasteiger partial charge in [0.15, 0.2) is 5.96 Å². The second-order valence-corrected chi connectivity index (χ2v) is 6.00. The molecule has 1 aromatic carbocycles. The molecule has 124 valence electrons. The lowest BCUT2D eigenvalue weighted by atomic mass is 10.0. The quantitative estimate of drug-likeness (QED) is 0.465. The molecule has 4 nitrogen and oxygen atoms in total. The summed E-state index contributed by atoms with van der Waals surface area (Å²) >= 11 is 0. The number of rotatable bonds is 4. The molecule has 0 spiro atoms. The van der Waals surface area contributed by atoms with Gasteiger partial charge < -0.3 is 15.4 Å². The highest BCUT2D eigenvalue weighted by Crippen LogP contribution is 2.20. The van der Waals surface area contributed by atoms with Gasteiger partial charge in [-0.15, -0.1) is 24.0 Å². The molecule has 2 N–H and O–H groups in total. The molecule has 1 saturated heterocycles. The van der Waals surface area contributed by atoms with Gasteiger partial charge in [-0.25, -0.2) is 0 Å². The monoisotopic (exact) mass is 417 g/mol. The average Bonchev–Trinajstić information content (AvgIpc) is 2.47. The SMILES string of the molecule is COc1ccc(C)cc1CCN=C(N)N1CCCC(C)C1.I. The Bertz CT molecular complexity index is 505. The highest BCUT2D eigenvalue weighted by atomic mass is 127. The first-order chi connectivity index (χ1) is 10.1. The standard InChI is InChI=1S/C17H27N3O.HI/c1-13-6-7-16(21-3)15(11-13)8-9-19-17(18)20-10-4-5-14(2)12-20;/h6-7,11,14H,4-5,8-10,12H2,1-3H3,(H2,18,19);1H. The van der Waals surface area contributed by atoms with E-state index in [4.69, 9.17) is 10.5 Å². The van der Waals surface area contributed by atoms with Gasteiger partial charge in [0.1, 0.15) is 5.75 Å².